The van der Waals surface area contributed by atoms with E-state index in [1.807, 2.05) is 0 Å². The van der Waals surface area contributed by atoms with Crippen LogP contribution in [0.15, 0.2) is 12.1 Å². The first-order valence-electron chi connectivity index (χ1n) is 8.80. The van der Waals surface area contributed by atoms with E-state index in [0.29, 0.717) is 31.7 Å². The van der Waals surface area contributed by atoms with Crippen molar-refractivity contribution >= 4 is 18.1 Å². The predicted octanol–water partition coefficient (Wildman–Crippen LogP) is 1.56. The number of methoxy groups -OCH3 is 1. The molecule has 0 radical (unpaired) electrons. The van der Waals surface area contributed by atoms with Crippen molar-refractivity contribution in [1.29, 1.82) is 0 Å². The van der Waals surface area contributed by atoms with Gasteiger partial charge in [0, 0.05) is 52.3 Å². The van der Waals surface area contributed by atoms with Crippen LogP contribution in [0.5, 0.6) is 0 Å². The molecule has 1 fully saturated rings. The first-order chi connectivity index (χ1) is 13.7. The van der Waals surface area contributed by atoms with Crippen LogP contribution in [0.3, 0.4) is 0 Å². The highest BCUT2D eigenvalue weighted by molar-refractivity contribution is 5.78. The molecule has 7 nitrogen and oxygen atoms in total. The van der Waals surface area contributed by atoms with E-state index in [-0.39, 0.29) is 30.0 Å². The lowest BCUT2D eigenvalue weighted by molar-refractivity contribution is -0.128. The first kappa shape index (κ1) is 26.5. The van der Waals surface area contributed by atoms with Gasteiger partial charge in [-0.05, 0) is 19.4 Å². The van der Waals surface area contributed by atoms with Gasteiger partial charge >= 0.3 is 0 Å². The number of benzene rings is 1. The van der Waals surface area contributed by atoms with Gasteiger partial charge in [-0.15, -0.1) is 0 Å². The maximum absolute atomic E-state index is 13.3. The van der Waals surface area contributed by atoms with Crippen LogP contribution in [0.25, 0.3) is 0 Å². The van der Waals surface area contributed by atoms with Crippen LogP contribution in [-0.2, 0) is 25.7 Å². The van der Waals surface area contributed by atoms with Gasteiger partial charge in [-0.1, -0.05) is 0 Å². The molecule has 2 atom stereocenters. The molecule has 1 aliphatic rings. The highest BCUT2D eigenvalue weighted by Crippen LogP contribution is 2.19. The topological polar surface area (TPSA) is 95.9 Å². The molecule has 2 unspecified atom stereocenters. The lowest BCUT2D eigenvalue weighted by Crippen LogP contribution is -2.42. The SMILES string of the molecule is CO.COC(C)C(C=O)NC(C)=O.O=C1CCCN1Cc1cc(F)cc(F)c1F. The Morgan fingerprint density at radius 1 is 1.34 bits per heavy atom. The van der Waals surface area contributed by atoms with E-state index in [0.717, 1.165) is 13.2 Å². The quantitative estimate of drug-likeness (QED) is 0.538. The van der Waals surface area contributed by atoms with E-state index >= 15 is 0 Å². The molecule has 0 spiro atoms. The van der Waals surface area contributed by atoms with Gasteiger partial charge in [-0.25, -0.2) is 13.2 Å². The summed E-state index contributed by atoms with van der Waals surface area (Å²) in [4.78, 5) is 33.5. The molecular weight excluding hydrogens is 393 g/mol. The normalized spacial score (nSPS) is 14.8. The second kappa shape index (κ2) is 13.7. The van der Waals surface area contributed by atoms with Crippen molar-refractivity contribution in [3.63, 3.8) is 0 Å². The van der Waals surface area contributed by atoms with Crippen LogP contribution >= 0.6 is 0 Å². The summed E-state index contributed by atoms with van der Waals surface area (Å²) in [5.74, 6) is -3.47. The Morgan fingerprint density at radius 2 is 1.97 bits per heavy atom. The third-order valence-electron chi connectivity index (χ3n) is 3.99. The molecule has 29 heavy (non-hydrogen) atoms. The van der Waals surface area contributed by atoms with Gasteiger partial charge in [0.05, 0.1) is 6.10 Å². The highest BCUT2D eigenvalue weighted by Gasteiger charge is 2.22. The fourth-order valence-electron chi connectivity index (χ4n) is 2.44. The Kier molecular flexibility index (Phi) is 12.5. The van der Waals surface area contributed by atoms with E-state index in [1.54, 1.807) is 6.92 Å². The Balaban J connectivity index is 0.000000532. The van der Waals surface area contributed by atoms with Crippen molar-refractivity contribution in [2.24, 2.45) is 0 Å². The molecule has 2 amide bonds. The van der Waals surface area contributed by atoms with Crippen molar-refractivity contribution < 1.29 is 37.4 Å². The van der Waals surface area contributed by atoms with Gasteiger partial charge in [-0.2, -0.15) is 0 Å². The number of hydrogen-bond acceptors (Lipinski definition) is 5. The Morgan fingerprint density at radius 3 is 2.41 bits per heavy atom. The van der Waals surface area contributed by atoms with Crippen LogP contribution in [0.1, 0.15) is 32.3 Å². The molecule has 1 aromatic carbocycles. The maximum atomic E-state index is 13.3. The number of carbonyl (C=O) groups is 3. The molecule has 1 aliphatic heterocycles. The average Bonchev–Trinajstić information content (AvgIpc) is 3.09. The van der Waals surface area contributed by atoms with E-state index in [2.05, 4.69) is 5.32 Å². The standard InChI is InChI=1S/C11H10F3NO.C7H13NO3.CH4O/c12-8-4-7(11(14)9(13)5-8)6-15-3-1-2-10(15)16;1-5(11-3)7(4-9)8-6(2)10;1-2/h4-5H,1-3,6H2;4-5,7H,1-3H3,(H,8,10);2H,1H3. The van der Waals surface area contributed by atoms with Crippen molar-refractivity contribution in [1.82, 2.24) is 10.2 Å². The van der Waals surface area contributed by atoms with Gasteiger partial charge in [0.15, 0.2) is 11.6 Å². The van der Waals surface area contributed by atoms with Gasteiger partial charge in [0.2, 0.25) is 11.8 Å². The van der Waals surface area contributed by atoms with Crippen LogP contribution in [-0.4, -0.2) is 61.0 Å². The number of halogens is 3. The fraction of sp³-hybridized carbons (Fsp3) is 0.526. The molecular formula is C19H27F3N2O5. The monoisotopic (exact) mass is 420 g/mol. The van der Waals surface area contributed by atoms with Gasteiger partial charge < -0.3 is 24.9 Å². The predicted molar refractivity (Wildman–Crippen MR) is 99.2 cm³/mol. The molecule has 2 rings (SSSR count). The third-order valence-corrected chi connectivity index (χ3v) is 3.99. The Hall–Kier alpha value is -2.46. The molecule has 0 aromatic heterocycles. The minimum absolute atomic E-state index is 0.0701. The zero-order valence-electron chi connectivity index (χ0n) is 16.9. The van der Waals surface area contributed by atoms with Crippen LogP contribution < -0.4 is 5.32 Å². The minimum Gasteiger partial charge on any atom is -0.400 e. The summed E-state index contributed by atoms with van der Waals surface area (Å²) in [6.45, 7) is 3.52. The number of aliphatic hydroxyl groups excluding tert-OH is 1. The molecule has 1 aromatic rings. The molecule has 0 bridgehead atoms. The van der Waals surface area contributed by atoms with Crippen LogP contribution in [0.2, 0.25) is 0 Å². The molecule has 10 heteroatoms. The number of hydrogen-bond donors (Lipinski definition) is 2. The number of aliphatic hydroxyl groups is 1. The summed E-state index contributed by atoms with van der Waals surface area (Å²) >= 11 is 0. The van der Waals surface area contributed by atoms with E-state index in [4.69, 9.17) is 9.84 Å². The van der Waals surface area contributed by atoms with Crippen molar-refractivity contribution in [2.75, 3.05) is 20.8 Å². The number of nitrogens with one attached hydrogen (secondary N) is 1. The summed E-state index contributed by atoms with van der Waals surface area (Å²) < 4.78 is 43.9. The van der Waals surface area contributed by atoms with Crippen LogP contribution in [0.4, 0.5) is 13.2 Å². The fourth-order valence-corrected chi connectivity index (χ4v) is 2.44. The highest BCUT2D eigenvalue weighted by atomic mass is 19.2. The van der Waals surface area contributed by atoms with E-state index < -0.39 is 23.5 Å². The maximum Gasteiger partial charge on any atom is 0.222 e. The molecule has 0 saturated carbocycles. The zero-order chi connectivity index (χ0) is 22.6. The van der Waals surface area contributed by atoms with Gasteiger partial charge in [-0.3, -0.25) is 9.59 Å². The zero-order valence-corrected chi connectivity index (χ0v) is 16.9. The number of carbonyl (C=O) groups excluding carboxylic acids is 3. The van der Waals surface area contributed by atoms with Crippen LogP contribution in [0, 0.1) is 17.5 Å². The summed E-state index contributed by atoms with van der Waals surface area (Å²) in [6, 6.07) is 0.867. The number of likely N-dealkylation sites (tertiary alicyclic amines) is 1. The van der Waals surface area contributed by atoms with Crippen molar-refractivity contribution in [2.45, 2.75) is 45.4 Å². The third kappa shape index (κ3) is 9.05. The van der Waals surface area contributed by atoms with Crippen molar-refractivity contribution in [3.05, 3.63) is 35.1 Å². The molecule has 1 heterocycles. The largest absolute Gasteiger partial charge is 0.400 e. The molecule has 0 aliphatic carbocycles. The average molecular weight is 420 g/mol. The van der Waals surface area contributed by atoms with E-state index in [9.17, 15) is 27.6 Å². The Labute approximate surface area is 167 Å². The number of ether oxygens (including phenoxy) is 1. The molecule has 1 saturated heterocycles. The second-order valence-corrected chi connectivity index (χ2v) is 6.08. The second-order valence-electron chi connectivity index (χ2n) is 6.08. The number of aldehydes is 1. The molecule has 164 valence electrons. The van der Waals surface area contributed by atoms with Crippen molar-refractivity contribution in [3.8, 4) is 0 Å². The lowest BCUT2D eigenvalue weighted by atomic mass is 10.2. The number of nitrogens with zero attached hydrogens (tertiary/aromatic N) is 1. The lowest BCUT2D eigenvalue weighted by Gasteiger charge is -2.17. The van der Waals surface area contributed by atoms with Gasteiger partial charge in [0.1, 0.15) is 18.1 Å². The van der Waals surface area contributed by atoms with Gasteiger partial charge in [0.25, 0.3) is 0 Å². The summed E-state index contributed by atoms with van der Waals surface area (Å²) in [6.07, 6.45) is 1.50. The minimum atomic E-state index is -1.22. The summed E-state index contributed by atoms with van der Waals surface area (Å²) in [5.41, 5.74) is -0.118. The van der Waals surface area contributed by atoms with E-state index in [1.165, 1.54) is 18.9 Å². The Bertz CT molecular complexity index is 688. The number of amides is 2. The summed E-state index contributed by atoms with van der Waals surface area (Å²) in [7, 11) is 2.49. The summed E-state index contributed by atoms with van der Waals surface area (Å²) in [5, 5.41) is 9.45. The smallest absolute Gasteiger partial charge is 0.222 e. The number of rotatable bonds is 6. The first-order valence-corrected chi connectivity index (χ1v) is 8.80. The molecule has 2 N–H and O–H groups in total.